The van der Waals surface area contributed by atoms with Crippen molar-refractivity contribution in [3.63, 3.8) is 0 Å². The predicted molar refractivity (Wildman–Crippen MR) is 81.5 cm³/mol. The molecule has 2 N–H and O–H groups in total. The minimum absolute atomic E-state index is 0.412. The molecule has 0 atom stereocenters. The number of hydrogen-bond donors (Lipinski definition) is 2. The standard InChI is InChI=1S/C15H16N2O3S/c1-9-8-21-13(16-9)11-6-4-5-10(7-11)12(18)17-15(2,3)14(19)20/h4-8H,1-3H3,(H,17,18)(H,19,20). The van der Waals surface area contributed by atoms with E-state index < -0.39 is 17.4 Å². The summed E-state index contributed by atoms with van der Waals surface area (Å²) in [7, 11) is 0. The van der Waals surface area contributed by atoms with Crippen LogP contribution in [0.2, 0.25) is 0 Å². The van der Waals surface area contributed by atoms with E-state index in [1.165, 1.54) is 25.2 Å². The topological polar surface area (TPSA) is 79.3 Å². The van der Waals surface area contributed by atoms with Crippen LogP contribution in [0.4, 0.5) is 0 Å². The number of hydrogen-bond acceptors (Lipinski definition) is 4. The van der Waals surface area contributed by atoms with Gasteiger partial charge in [-0.25, -0.2) is 9.78 Å². The highest BCUT2D eigenvalue weighted by Crippen LogP contribution is 2.24. The van der Waals surface area contributed by atoms with Gasteiger partial charge in [0.15, 0.2) is 0 Å². The number of carboxylic acid groups (broad SMARTS) is 1. The van der Waals surface area contributed by atoms with Crippen molar-refractivity contribution >= 4 is 23.2 Å². The molecule has 0 saturated carbocycles. The number of carbonyl (C=O) groups is 2. The Balaban J connectivity index is 2.25. The summed E-state index contributed by atoms with van der Waals surface area (Å²) >= 11 is 1.50. The minimum Gasteiger partial charge on any atom is -0.480 e. The van der Waals surface area contributed by atoms with E-state index in [0.717, 1.165) is 16.3 Å². The molecule has 0 bridgehead atoms. The number of nitrogens with one attached hydrogen (secondary N) is 1. The van der Waals surface area contributed by atoms with Crippen LogP contribution in [-0.4, -0.2) is 27.5 Å². The van der Waals surface area contributed by atoms with Gasteiger partial charge in [-0.1, -0.05) is 12.1 Å². The highest BCUT2D eigenvalue weighted by molar-refractivity contribution is 7.13. The molecule has 0 saturated heterocycles. The van der Waals surface area contributed by atoms with E-state index >= 15 is 0 Å². The molecule has 2 rings (SSSR count). The first kappa shape index (κ1) is 15.2. The molecular weight excluding hydrogens is 288 g/mol. The van der Waals surface area contributed by atoms with Crippen molar-refractivity contribution in [3.8, 4) is 10.6 Å². The average Bonchev–Trinajstić information content (AvgIpc) is 2.85. The van der Waals surface area contributed by atoms with Crippen LogP contribution >= 0.6 is 11.3 Å². The molecule has 0 fully saturated rings. The van der Waals surface area contributed by atoms with Crippen molar-refractivity contribution in [2.75, 3.05) is 0 Å². The summed E-state index contributed by atoms with van der Waals surface area (Å²) in [5.74, 6) is -1.50. The van der Waals surface area contributed by atoms with Crippen LogP contribution in [0.3, 0.4) is 0 Å². The zero-order valence-corrected chi connectivity index (χ0v) is 12.8. The quantitative estimate of drug-likeness (QED) is 0.910. The third kappa shape index (κ3) is 3.46. The second-order valence-electron chi connectivity index (χ2n) is 5.26. The zero-order valence-electron chi connectivity index (χ0n) is 12.0. The molecule has 110 valence electrons. The third-order valence-electron chi connectivity index (χ3n) is 2.95. The summed E-state index contributed by atoms with van der Waals surface area (Å²) in [6, 6.07) is 6.99. The summed E-state index contributed by atoms with van der Waals surface area (Å²) in [6.07, 6.45) is 0. The SMILES string of the molecule is Cc1csc(-c2cccc(C(=O)NC(C)(C)C(=O)O)c2)n1. The number of thiazole rings is 1. The van der Waals surface area contributed by atoms with Gasteiger partial charge in [0.05, 0.1) is 0 Å². The van der Waals surface area contributed by atoms with Gasteiger partial charge in [-0.3, -0.25) is 4.79 Å². The number of aryl methyl sites for hydroxylation is 1. The Kier molecular flexibility index (Phi) is 4.09. The van der Waals surface area contributed by atoms with Crippen molar-refractivity contribution in [1.82, 2.24) is 10.3 Å². The molecule has 0 unspecified atom stereocenters. The monoisotopic (exact) mass is 304 g/mol. The zero-order chi connectivity index (χ0) is 15.6. The maximum absolute atomic E-state index is 12.2. The molecule has 0 radical (unpaired) electrons. The van der Waals surface area contributed by atoms with Crippen LogP contribution in [0.5, 0.6) is 0 Å². The summed E-state index contributed by atoms with van der Waals surface area (Å²) < 4.78 is 0. The van der Waals surface area contributed by atoms with E-state index in [4.69, 9.17) is 5.11 Å². The lowest BCUT2D eigenvalue weighted by atomic mass is 10.0. The van der Waals surface area contributed by atoms with Crippen LogP contribution < -0.4 is 5.32 Å². The Morgan fingerprint density at radius 2 is 2.05 bits per heavy atom. The Morgan fingerprint density at radius 1 is 1.33 bits per heavy atom. The molecule has 0 spiro atoms. The molecule has 6 heteroatoms. The first-order chi connectivity index (χ1) is 9.79. The lowest BCUT2D eigenvalue weighted by Gasteiger charge is -2.21. The second-order valence-corrected chi connectivity index (χ2v) is 6.12. The van der Waals surface area contributed by atoms with Gasteiger partial charge in [0.1, 0.15) is 10.5 Å². The highest BCUT2D eigenvalue weighted by Gasteiger charge is 2.29. The Bertz CT molecular complexity index is 692. The van der Waals surface area contributed by atoms with E-state index in [2.05, 4.69) is 10.3 Å². The molecule has 1 aromatic carbocycles. The average molecular weight is 304 g/mol. The van der Waals surface area contributed by atoms with Gasteiger partial charge in [0.2, 0.25) is 0 Å². The summed E-state index contributed by atoms with van der Waals surface area (Å²) in [4.78, 5) is 27.6. The maximum Gasteiger partial charge on any atom is 0.328 e. The van der Waals surface area contributed by atoms with E-state index in [-0.39, 0.29) is 0 Å². The third-order valence-corrected chi connectivity index (χ3v) is 3.96. The second kappa shape index (κ2) is 5.65. The van der Waals surface area contributed by atoms with Crippen molar-refractivity contribution in [1.29, 1.82) is 0 Å². The largest absolute Gasteiger partial charge is 0.480 e. The lowest BCUT2D eigenvalue weighted by molar-refractivity contribution is -0.143. The van der Waals surface area contributed by atoms with Gasteiger partial charge >= 0.3 is 5.97 Å². The minimum atomic E-state index is -1.31. The molecule has 1 heterocycles. The molecule has 1 amide bonds. The first-order valence-corrected chi connectivity index (χ1v) is 7.26. The highest BCUT2D eigenvalue weighted by atomic mass is 32.1. The predicted octanol–water partition coefficient (Wildman–Crippen LogP) is 2.71. The smallest absolute Gasteiger partial charge is 0.328 e. The number of carboxylic acids is 1. The van der Waals surface area contributed by atoms with E-state index in [0.29, 0.717) is 5.56 Å². The summed E-state index contributed by atoms with van der Waals surface area (Å²) in [6.45, 7) is 4.80. The number of benzene rings is 1. The van der Waals surface area contributed by atoms with Crippen LogP contribution in [0.25, 0.3) is 10.6 Å². The van der Waals surface area contributed by atoms with Gasteiger partial charge in [-0.15, -0.1) is 11.3 Å². The van der Waals surface area contributed by atoms with Crippen LogP contribution in [0.15, 0.2) is 29.6 Å². The van der Waals surface area contributed by atoms with Crippen LogP contribution in [-0.2, 0) is 4.79 Å². The lowest BCUT2D eigenvalue weighted by Crippen LogP contribution is -2.49. The molecule has 5 nitrogen and oxygen atoms in total. The van der Waals surface area contributed by atoms with E-state index in [1.807, 2.05) is 18.4 Å². The molecule has 21 heavy (non-hydrogen) atoms. The van der Waals surface area contributed by atoms with Crippen molar-refractivity contribution < 1.29 is 14.7 Å². The Labute approximate surface area is 126 Å². The summed E-state index contributed by atoms with van der Waals surface area (Å²) in [5.41, 5.74) is 0.866. The van der Waals surface area contributed by atoms with Gasteiger partial charge in [-0.05, 0) is 32.9 Å². The maximum atomic E-state index is 12.2. The van der Waals surface area contributed by atoms with Crippen LogP contribution in [0, 0.1) is 6.92 Å². The van der Waals surface area contributed by atoms with E-state index in [1.54, 1.807) is 18.2 Å². The molecule has 1 aromatic heterocycles. The molecular formula is C15H16N2O3S. The number of amides is 1. The number of nitrogens with zero attached hydrogens (tertiary/aromatic N) is 1. The van der Waals surface area contributed by atoms with Crippen molar-refractivity contribution in [3.05, 3.63) is 40.9 Å². The fourth-order valence-corrected chi connectivity index (χ4v) is 2.48. The molecule has 0 aliphatic heterocycles. The van der Waals surface area contributed by atoms with Crippen molar-refractivity contribution in [2.45, 2.75) is 26.3 Å². The molecule has 2 aromatic rings. The summed E-state index contributed by atoms with van der Waals surface area (Å²) in [5, 5.41) is 14.3. The number of aliphatic carboxylic acids is 1. The molecule has 0 aliphatic carbocycles. The van der Waals surface area contributed by atoms with Gasteiger partial charge in [-0.2, -0.15) is 0 Å². The van der Waals surface area contributed by atoms with Crippen LogP contribution in [0.1, 0.15) is 29.9 Å². The fraction of sp³-hybridized carbons (Fsp3) is 0.267. The first-order valence-electron chi connectivity index (χ1n) is 6.38. The number of carbonyl (C=O) groups excluding carboxylic acids is 1. The normalized spacial score (nSPS) is 11.2. The fourth-order valence-electron chi connectivity index (χ4n) is 1.69. The Hall–Kier alpha value is -2.21. The number of aromatic nitrogens is 1. The van der Waals surface area contributed by atoms with Gasteiger partial charge < -0.3 is 10.4 Å². The molecule has 0 aliphatic rings. The van der Waals surface area contributed by atoms with Crippen molar-refractivity contribution in [2.24, 2.45) is 0 Å². The van der Waals surface area contributed by atoms with Gasteiger partial charge in [0, 0.05) is 22.2 Å². The van der Waals surface area contributed by atoms with E-state index in [9.17, 15) is 9.59 Å². The Morgan fingerprint density at radius 3 is 2.62 bits per heavy atom. The number of rotatable bonds is 4. The van der Waals surface area contributed by atoms with Gasteiger partial charge in [0.25, 0.3) is 5.91 Å².